The average Bonchev–Trinajstić information content (AvgIpc) is 2.50. The third kappa shape index (κ3) is 2.41. The van der Waals surface area contributed by atoms with Gasteiger partial charge >= 0.3 is 0 Å². The van der Waals surface area contributed by atoms with Crippen molar-refractivity contribution in [2.75, 3.05) is 18.9 Å². The predicted octanol–water partition coefficient (Wildman–Crippen LogP) is 2.24. The number of aromatic nitrogens is 1. The van der Waals surface area contributed by atoms with Crippen LogP contribution in [0.4, 0.5) is 5.69 Å². The summed E-state index contributed by atoms with van der Waals surface area (Å²) in [6.45, 7) is 3.30. The fourth-order valence-electron chi connectivity index (χ4n) is 2.00. The van der Waals surface area contributed by atoms with Crippen LogP contribution < -0.4 is 5.32 Å². The first-order valence-electron chi connectivity index (χ1n) is 5.23. The quantitative estimate of drug-likeness (QED) is 0.837. The van der Waals surface area contributed by atoms with Gasteiger partial charge in [-0.25, -0.2) is 0 Å². The topological polar surface area (TPSA) is 28.2 Å². The number of anilines is 1. The van der Waals surface area contributed by atoms with Gasteiger partial charge in [-0.3, -0.25) is 4.98 Å². The molecule has 1 fully saturated rings. The number of nitrogens with zero attached hydrogens (tertiary/aromatic N) is 2. The summed E-state index contributed by atoms with van der Waals surface area (Å²) in [6.07, 6.45) is 4.64. The minimum absolute atomic E-state index is 0.478. The molecule has 3 nitrogen and oxygen atoms in total. The van der Waals surface area contributed by atoms with Crippen LogP contribution in [0.25, 0.3) is 0 Å². The number of pyridine rings is 1. The Morgan fingerprint density at radius 2 is 2.40 bits per heavy atom. The van der Waals surface area contributed by atoms with Crippen LogP contribution in [0.1, 0.15) is 13.3 Å². The summed E-state index contributed by atoms with van der Waals surface area (Å²) >= 11 is 6.06. The van der Waals surface area contributed by atoms with Gasteiger partial charge in [0.2, 0.25) is 0 Å². The van der Waals surface area contributed by atoms with Crippen LogP contribution in [0.2, 0.25) is 5.02 Å². The Hall–Kier alpha value is -0.800. The molecule has 2 heterocycles. The Balaban J connectivity index is 2.01. The fraction of sp³-hybridized carbons (Fsp3) is 0.545. The molecule has 15 heavy (non-hydrogen) atoms. The zero-order valence-electron chi connectivity index (χ0n) is 9.07. The van der Waals surface area contributed by atoms with Gasteiger partial charge in [-0.05, 0) is 26.5 Å². The lowest BCUT2D eigenvalue weighted by Gasteiger charge is -2.14. The van der Waals surface area contributed by atoms with Gasteiger partial charge in [-0.2, -0.15) is 0 Å². The second kappa shape index (κ2) is 4.37. The average molecular weight is 226 g/mol. The SMILES string of the molecule is CC1CC(Nc2cnccc2Cl)CN1C. The van der Waals surface area contributed by atoms with Gasteiger partial charge in [0.15, 0.2) is 0 Å². The summed E-state index contributed by atoms with van der Waals surface area (Å²) in [4.78, 5) is 6.41. The van der Waals surface area contributed by atoms with Crippen LogP contribution in [-0.2, 0) is 0 Å². The number of rotatable bonds is 2. The number of likely N-dealkylation sites (N-methyl/N-ethyl adjacent to an activating group) is 1. The zero-order chi connectivity index (χ0) is 10.8. The van der Waals surface area contributed by atoms with Crippen molar-refractivity contribution in [3.63, 3.8) is 0 Å². The van der Waals surface area contributed by atoms with Crippen molar-refractivity contribution < 1.29 is 0 Å². The van der Waals surface area contributed by atoms with Crippen LogP contribution in [0.3, 0.4) is 0 Å². The Morgan fingerprint density at radius 3 is 3.00 bits per heavy atom. The van der Waals surface area contributed by atoms with Crippen LogP contribution in [0.5, 0.6) is 0 Å². The zero-order valence-corrected chi connectivity index (χ0v) is 9.83. The molecule has 0 aromatic carbocycles. The van der Waals surface area contributed by atoms with E-state index in [4.69, 9.17) is 11.6 Å². The standard InChI is InChI=1S/C11H16ClN3/c1-8-5-9(7-15(8)2)14-11-6-13-4-3-10(11)12/h3-4,6,8-9,14H,5,7H2,1-2H3. The van der Waals surface area contributed by atoms with Crippen LogP contribution in [0.15, 0.2) is 18.5 Å². The first-order chi connectivity index (χ1) is 7.16. The molecule has 4 heteroatoms. The molecular formula is C11H16ClN3. The molecule has 0 amide bonds. The molecule has 1 aromatic heterocycles. The van der Waals surface area contributed by atoms with Crippen LogP contribution in [-0.4, -0.2) is 35.6 Å². The van der Waals surface area contributed by atoms with Crippen molar-refractivity contribution in [2.45, 2.75) is 25.4 Å². The molecule has 0 bridgehead atoms. The Kier molecular flexibility index (Phi) is 3.12. The summed E-state index contributed by atoms with van der Waals surface area (Å²) in [6, 6.07) is 2.93. The van der Waals surface area contributed by atoms with Gasteiger partial charge in [0.25, 0.3) is 0 Å². The third-order valence-corrected chi connectivity index (χ3v) is 3.34. The summed E-state index contributed by atoms with van der Waals surface area (Å²) in [5.74, 6) is 0. The molecule has 2 rings (SSSR count). The lowest BCUT2D eigenvalue weighted by molar-refractivity contribution is 0.330. The molecule has 2 atom stereocenters. The molecular weight excluding hydrogens is 210 g/mol. The van der Waals surface area contributed by atoms with Crippen molar-refractivity contribution >= 4 is 17.3 Å². The van der Waals surface area contributed by atoms with Crippen molar-refractivity contribution in [2.24, 2.45) is 0 Å². The third-order valence-electron chi connectivity index (χ3n) is 3.01. The summed E-state index contributed by atoms with van der Waals surface area (Å²) in [7, 11) is 2.15. The molecule has 2 unspecified atom stereocenters. The van der Waals surface area contributed by atoms with E-state index < -0.39 is 0 Å². The fourth-order valence-corrected chi connectivity index (χ4v) is 2.16. The maximum atomic E-state index is 6.06. The Morgan fingerprint density at radius 1 is 1.60 bits per heavy atom. The van der Waals surface area contributed by atoms with Gasteiger partial charge < -0.3 is 10.2 Å². The first kappa shape index (κ1) is 10.7. The van der Waals surface area contributed by atoms with Gasteiger partial charge in [0, 0.05) is 24.8 Å². The predicted molar refractivity (Wildman–Crippen MR) is 63.4 cm³/mol. The maximum absolute atomic E-state index is 6.06. The molecule has 1 aliphatic heterocycles. The number of nitrogens with one attached hydrogen (secondary N) is 1. The highest BCUT2D eigenvalue weighted by atomic mass is 35.5. The molecule has 1 aromatic rings. The molecule has 1 N–H and O–H groups in total. The molecule has 82 valence electrons. The van der Waals surface area contributed by atoms with Crippen LogP contribution in [0, 0.1) is 0 Å². The minimum atomic E-state index is 0.478. The van der Waals surface area contributed by atoms with Gasteiger partial charge in [0.1, 0.15) is 0 Å². The number of likely N-dealkylation sites (tertiary alicyclic amines) is 1. The molecule has 0 aliphatic carbocycles. The number of halogens is 1. The lowest BCUT2D eigenvalue weighted by Crippen LogP contribution is -2.25. The summed E-state index contributed by atoms with van der Waals surface area (Å²) < 4.78 is 0. The number of hydrogen-bond donors (Lipinski definition) is 1. The van der Waals surface area contributed by atoms with E-state index in [1.54, 1.807) is 12.4 Å². The summed E-state index contributed by atoms with van der Waals surface area (Å²) in [5.41, 5.74) is 0.937. The summed E-state index contributed by atoms with van der Waals surface area (Å²) in [5, 5.41) is 4.18. The molecule has 0 radical (unpaired) electrons. The first-order valence-corrected chi connectivity index (χ1v) is 5.61. The van der Waals surface area contributed by atoms with Crippen molar-refractivity contribution in [1.82, 2.24) is 9.88 Å². The van der Waals surface area contributed by atoms with E-state index in [2.05, 4.69) is 29.2 Å². The van der Waals surface area contributed by atoms with Crippen molar-refractivity contribution in [3.8, 4) is 0 Å². The van der Waals surface area contributed by atoms with E-state index >= 15 is 0 Å². The minimum Gasteiger partial charge on any atom is -0.379 e. The van der Waals surface area contributed by atoms with E-state index in [0.717, 1.165) is 23.7 Å². The highest BCUT2D eigenvalue weighted by molar-refractivity contribution is 6.33. The van der Waals surface area contributed by atoms with Crippen molar-refractivity contribution in [1.29, 1.82) is 0 Å². The van der Waals surface area contributed by atoms with E-state index in [9.17, 15) is 0 Å². The highest BCUT2D eigenvalue weighted by Gasteiger charge is 2.26. The maximum Gasteiger partial charge on any atom is 0.0718 e. The second-order valence-electron chi connectivity index (χ2n) is 4.22. The highest BCUT2D eigenvalue weighted by Crippen LogP contribution is 2.24. The Labute approximate surface area is 95.4 Å². The molecule has 1 aliphatic rings. The Bertz CT molecular complexity index is 332. The van der Waals surface area contributed by atoms with Gasteiger partial charge in [-0.1, -0.05) is 11.6 Å². The molecule has 0 spiro atoms. The van der Waals surface area contributed by atoms with Crippen molar-refractivity contribution in [3.05, 3.63) is 23.5 Å². The normalized spacial score (nSPS) is 26.9. The van der Waals surface area contributed by atoms with Gasteiger partial charge in [0.05, 0.1) is 16.9 Å². The van der Waals surface area contributed by atoms with E-state index in [0.29, 0.717) is 12.1 Å². The van der Waals surface area contributed by atoms with E-state index in [1.165, 1.54) is 0 Å². The van der Waals surface area contributed by atoms with E-state index in [-0.39, 0.29) is 0 Å². The smallest absolute Gasteiger partial charge is 0.0718 e. The molecule has 1 saturated heterocycles. The monoisotopic (exact) mass is 225 g/mol. The van der Waals surface area contributed by atoms with E-state index in [1.807, 2.05) is 6.07 Å². The largest absolute Gasteiger partial charge is 0.379 e. The molecule has 0 saturated carbocycles. The second-order valence-corrected chi connectivity index (χ2v) is 4.63. The lowest BCUT2D eigenvalue weighted by atomic mass is 10.2. The number of hydrogen-bond acceptors (Lipinski definition) is 3. The van der Waals surface area contributed by atoms with Gasteiger partial charge in [-0.15, -0.1) is 0 Å². The van der Waals surface area contributed by atoms with Crippen LogP contribution >= 0.6 is 11.6 Å².